The van der Waals surface area contributed by atoms with E-state index in [-0.39, 0.29) is 0 Å². The Morgan fingerprint density at radius 1 is 0.828 bits per heavy atom. The van der Waals surface area contributed by atoms with Crippen LogP contribution in [0.3, 0.4) is 0 Å². The molecule has 0 amide bonds. The minimum atomic E-state index is 0.480. The average Bonchev–Trinajstić information content (AvgIpc) is 3.33. The highest BCUT2D eigenvalue weighted by Crippen LogP contribution is 2.51. The van der Waals surface area contributed by atoms with Crippen molar-refractivity contribution in [3.8, 4) is 11.1 Å². The van der Waals surface area contributed by atoms with E-state index in [0.29, 0.717) is 17.8 Å². The van der Waals surface area contributed by atoms with E-state index in [1.807, 2.05) is 0 Å². The molecule has 0 N–H and O–H groups in total. The maximum Gasteiger partial charge on any atom is 0.00917 e. The maximum atomic E-state index is 2.48. The number of allylic oxidation sites excluding steroid dienone is 2. The van der Waals surface area contributed by atoms with Crippen LogP contribution < -0.4 is 0 Å². The standard InChI is InChI=1S/C29H28/c1-3-10-28(29-20(2)19-22-13-7-8-14-24(22)29)27-18-17-26-23(15-9-16-25(26)27)21-11-5-4-6-12-21/h4-9,11-19,27-29H,3,10H2,1-2H3. The largest absolute Gasteiger partial charge is 0.0760 e. The van der Waals surface area contributed by atoms with E-state index in [9.17, 15) is 0 Å². The van der Waals surface area contributed by atoms with Crippen LogP contribution in [0, 0.1) is 5.92 Å². The molecule has 0 fully saturated rings. The first-order valence-corrected chi connectivity index (χ1v) is 10.9. The number of hydrogen-bond donors (Lipinski definition) is 0. The van der Waals surface area contributed by atoms with E-state index in [2.05, 4.69) is 105 Å². The normalized spacial score (nSPS) is 20.3. The van der Waals surface area contributed by atoms with E-state index >= 15 is 0 Å². The molecule has 0 aliphatic heterocycles. The Kier molecular flexibility index (Phi) is 4.72. The lowest BCUT2D eigenvalue weighted by atomic mass is 9.72. The van der Waals surface area contributed by atoms with Crippen molar-refractivity contribution in [1.82, 2.24) is 0 Å². The molecule has 0 saturated carbocycles. The van der Waals surface area contributed by atoms with Gasteiger partial charge in [-0.1, -0.05) is 110 Å². The fourth-order valence-electron chi connectivity index (χ4n) is 5.57. The number of fused-ring (bicyclic) bond motifs is 2. The summed E-state index contributed by atoms with van der Waals surface area (Å²) in [5.74, 6) is 1.60. The highest BCUT2D eigenvalue weighted by atomic mass is 14.4. The van der Waals surface area contributed by atoms with Gasteiger partial charge in [-0.15, -0.1) is 0 Å². The van der Waals surface area contributed by atoms with Gasteiger partial charge in [-0.2, -0.15) is 0 Å². The predicted molar refractivity (Wildman–Crippen MR) is 125 cm³/mol. The molecule has 144 valence electrons. The lowest BCUT2D eigenvalue weighted by Crippen LogP contribution is -2.19. The fraction of sp³-hybridized carbons (Fsp3) is 0.241. The van der Waals surface area contributed by atoms with Gasteiger partial charge in [0.2, 0.25) is 0 Å². The van der Waals surface area contributed by atoms with E-state index < -0.39 is 0 Å². The highest BCUT2D eigenvalue weighted by molar-refractivity contribution is 5.80. The minimum Gasteiger partial charge on any atom is -0.0760 e. The van der Waals surface area contributed by atoms with Gasteiger partial charge < -0.3 is 0 Å². The van der Waals surface area contributed by atoms with Crippen LogP contribution in [-0.2, 0) is 0 Å². The maximum absolute atomic E-state index is 2.48. The molecular formula is C29H28. The third kappa shape index (κ3) is 3.08. The molecule has 0 radical (unpaired) electrons. The first-order chi connectivity index (χ1) is 14.3. The molecular weight excluding hydrogens is 348 g/mol. The summed E-state index contributed by atoms with van der Waals surface area (Å²) in [4.78, 5) is 0. The first kappa shape index (κ1) is 18.2. The Labute approximate surface area is 174 Å². The Balaban J connectivity index is 1.57. The summed E-state index contributed by atoms with van der Waals surface area (Å²) < 4.78 is 0. The summed E-state index contributed by atoms with van der Waals surface area (Å²) in [6.07, 6.45) is 9.72. The van der Waals surface area contributed by atoms with Gasteiger partial charge in [0.05, 0.1) is 0 Å². The van der Waals surface area contributed by atoms with Crippen LogP contribution in [-0.4, -0.2) is 0 Å². The number of hydrogen-bond acceptors (Lipinski definition) is 0. The summed E-state index contributed by atoms with van der Waals surface area (Å²) in [7, 11) is 0. The van der Waals surface area contributed by atoms with Gasteiger partial charge >= 0.3 is 0 Å². The van der Waals surface area contributed by atoms with E-state index in [1.165, 1.54) is 51.8 Å². The molecule has 2 aliphatic carbocycles. The topological polar surface area (TPSA) is 0 Å². The van der Waals surface area contributed by atoms with Crippen molar-refractivity contribution >= 4 is 12.2 Å². The van der Waals surface area contributed by atoms with Gasteiger partial charge in [-0.3, -0.25) is 0 Å². The summed E-state index contributed by atoms with van der Waals surface area (Å²) in [5.41, 5.74) is 10.0. The summed E-state index contributed by atoms with van der Waals surface area (Å²) in [6, 6.07) is 26.7. The van der Waals surface area contributed by atoms with Crippen molar-refractivity contribution in [2.45, 2.75) is 38.5 Å². The molecule has 0 heteroatoms. The summed E-state index contributed by atoms with van der Waals surface area (Å²) in [6.45, 7) is 4.65. The molecule has 3 unspecified atom stereocenters. The molecule has 2 aliphatic rings. The second-order valence-corrected chi connectivity index (χ2v) is 8.51. The minimum absolute atomic E-state index is 0.480. The van der Waals surface area contributed by atoms with E-state index in [4.69, 9.17) is 0 Å². The molecule has 3 aromatic rings. The predicted octanol–water partition coefficient (Wildman–Crippen LogP) is 8.08. The van der Waals surface area contributed by atoms with Crippen molar-refractivity contribution in [3.63, 3.8) is 0 Å². The molecule has 0 bridgehead atoms. The van der Waals surface area contributed by atoms with Crippen molar-refractivity contribution in [2.24, 2.45) is 5.92 Å². The van der Waals surface area contributed by atoms with Gasteiger partial charge in [0.15, 0.2) is 0 Å². The quantitative estimate of drug-likeness (QED) is 0.422. The van der Waals surface area contributed by atoms with Gasteiger partial charge in [0.1, 0.15) is 0 Å². The second kappa shape index (κ2) is 7.52. The Morgan fingerprint density at radius 2 is 1.59 bits per heavy atom. The molecule has 0 spiro atoms. The first-order valence-electron chi connectivity index (χ1n) is 10.9. The SMILES string of the molecule is CCCC(C1C=Cc2c(-c3ccccc3)cccc21)C1C(C)=Cc2ccccc21. The van der Waals surface area contributed by atoms with Crippen LogP contribution in [0.5, 0.6) is 0 Å². The molecule has 3 atom stereocenters. The Morgan fingerprint density at radius 3 is 2.41 bits per heavy atom. The molecule has 0 heterocycles. The molecule has 0 aromatic heterocycles. The van der Waals surface area contributed by atoms with Crippen molar-refractivity contribution in [3.05, 3.63) is 107 Å². The number of rotatable bonds is 5. The Hall–Kier alpha value is -2.86. The lowest BCUT2D eigenvalue weighted by Gasteiger charge is -2.31. The number of benzene rings is 3. The van der Waals surface area contributed by atoms with Crippen LogP contribution in [0.15, 0.2) is 84.4 Å². The van der Waals surface area contributed by atoms with Crippen LogP contribution in [0.1, 0.15) is 60.8 Å². The van der Waals surface area contributed by atoms with Gasteiger partial charge in [0, 0.05) is 11.8 Å². The second-order valence-electron chi connectivity index (χ2n) is 8.51. The van der Waals surface area contributed by atoms with Crippen LogP contribution in [0.4, 0.5) is 0 Å². The highest BCUT2D eigenvalue weighted by Gasteiger charge is 2.36. The fourth-order valence-corrected chi connectivity index (χ4v) is 5.57. The molecule has 29 heavy (non-hydrogen) atoms. The molecule has 0 nitrogen and oxygen atoms in total. The van der Waals surface area contributed by atoms with Crippen molar-refractivity contribution < 1.29 is 0 Å². The third-order valence-electron chi connectivity index (χ3n) is 6.77. The van der Waals surface area contributed by atoms with E-state index in [0.717, 1.165) is 0 Å². The zero-order chi connectivity index (χ0) is 19.8. The Bertz CT molecular complexity index is 1080. The lowest BCUT2D eigenvalue weighted by molar-refractivity contribution is 0.393. The van der Waals surface area contributed by atoms with Crippen LogP contribution in [0.25, 0.3) is 23.3 Å². The van der Waals surface area contributed by atoms with Gasteiger partial charge in [-0.25, -0.2) is 0 Å². The van der Waals surface area contributed by atoms with Gasteiger partial charge in [-0.05, 0) is 52.6 Å². The average molecular weight is 377 g/mol. The van der Waals surface area contributed by atoms with Gasteiger partial charge in [0.25, 0.3) is 0 Å². The summed E-state index contributed by atoms with van der Waals surface area (Å²) in [5, 5.41) is 0. The third-order valence-corrected chi connectivity index (χ3v) is 6.77. The molecule has 3 aromatic carbocycles. The zero-order valence-electron chi connectivity index (χ0n) is 17.3. The van der Waals surface area contributed by atoms with Crippen molar-refractivity contribution in [2.75, 3.05) is 0 Å². The zero-order valence-corrected chi connectivity index (χ0v) is 17.3. The van der Waals surface area contributed by atoms with Crippen molar-refractivity contribution in [1.29, 1.82) is 0 Å². The molecule has 0 saturated heterocycles. The summed E-state index contributed by atoms with van der Waals surface area (Å²) >= 11 is 0. The monoisotopic (exact) mass is 376 g/mol. The molecule has 5 rings (SSSR count). The van der Waals surface area contributed by atoms with E-state index in [1.54, 1.807) is 0 Å². The van der Waals surface area contributed by atoms with Crippen LogP contribution >= 0.6 is 0 Å². The van der Waals surface area contributed by atoms with Crippen LogP contribution in [0.2, 0.25) is 0 Å². The smallest absolute Gasteiger partial charge is 0.00917 e.